The van der Waals surface area contributed by atoms with Crippen LogP contribution >= 0.6 is 0 Å². The normalized spacial score (nSPS) is 10.9. The summed E-state index contributed by atoms with van der Waals surface area (Å²) in [6.45, 7) is 2.24. The number of nitrogen functional groups attached to an aromatic ring is 1. The van der Waals surface area contributed by atoms with Gasteiger partial charge in [0.1, 0.15) is 11.4 Å². The molecule has 4 rings (SSSR count). The van der Waals surface area contributed by atoms with E-state index in [0.29, 0.717) is 18.1 Å². The van der Waals surface area contributed by atoms with Crippen molar-refractivity contribution in [2.24, 2.45) is 5.73 Å². The Kier molecular flexibility index (Phi) is 5.31. The van der Waals surface area contributed by atoms with Crippen molar-refractivity contribution in [1.29, 1.82) is 0 Å². The van der Waals surface area contributed by atoms with Gasteiger partial charge in [0.25, 0.3) is 5.91 Å². The van der Waals surface area contributed by atoms with E-state index in [-0.39, 0.29) is 16.8 Å². The van der Waals surface area contributed by atoms with Crippen LogP contribution in [0.5, 0.6) is 0 Å². The molecule has 5 N–H and O–H groups in total. The molecule has 0 unspecified atom stereocenters. The third kappa shape index (κ3) is 3.93. The van der Waals surface area contributed by atoms with E-state index in [4.69, 9.17) is 11.5 Å². The summed E-state index contributed by atoms with van der Waals surface area (Å²) in [6, 6.07) is 13.7. The first-order valence-corrected chi connectivity index (χ1v) is 9.72. The number of primary amides is 1. The highest BCUT2D eigenvalue weighted by atomic mass is 16.2. The lowest BCUT2D eigenvalue weighted by Crippen LogP contribution is -2.28. The fourth-order valence-corrected chi connectivity index (χ4v) is 3.40. The van der Waals surface area contributed by atoms with E-state index >= 15 is 0 Å². The van der Waals surface area contributed by atoms with Gasteiger partial charge in [-0.25, -0.2) is 4.98 Å². The van der Waals surface area contributed by atoms with Crippen molar-refractivity contribution < 1.29 is 4.79 Å². The number of carbonyl (C=O) groups excluding carboxylic acids is 1. The molecule has 4 aromatic rings. The molecule has 0 aliphatic heterocycles. The molecule has 0 radical (unpaired) electrons. The topological polar surface area (TPSA) is 142 Å². The number of amides is 1. The standard InChI is InChI=1S/C22H21N7O2/c1-2-29-19(23)17(20(24)31)18(30)16-12-26-22(28-21(16)29)27-14-8-6-13(7-9-14)11-15-5-3-4-10-25-15/h3-10,12H,2,11,23H2,1H3,(H2,24,31)(H,26,27,28). The molecule has 3 heterocycles. The third-order valence-electron chi connectivity index (χ3n) is 4.93. The molecular weight excluding hydrogens is 394 g/mol. The summed E-state index contributed by atoms with van der Waals surface area (Å²) in [5, 5.41) is 3.31. The van der Waals surface area contributed by atoms with Gasteiger partial charge in [0.05, 0.1) is 5.39 Å². The van der Waals surface area contributed by atoms with Crippen molar-refractivity contribution in [3.63, 3.8) is 0 Å². The fourth-order valence-electron chi connectivity index (χ4n) is 3.40. The molecule has 31 heavy (non-hydrogen) atoms. The van der Waals surface area contributed by atoms with Crippen LogP contribution in [0.3, 0.4) is 0 Å². The van der Waals surface area contributed by atoms with Crippen LogP contribution in [0.4, 0.5) is 17.5 Å². The highest BCUT2D eigenvalue weighted by Crippen LogP contribution is 2.20. The van der Waals surface area contributed by atoms with Crippen LogP contribution in [0.15, 0.2) is 59.7 Å². The number of nitrogens with one attached hydrogen (secondary N) is 1. The lowest BCUT2D eigenvalue weighted by molar-refractivity contribution is 0.1000. The summed E-state index contributed by atoms with van der Waals surface area (Å²) < 4.78 is 1.57. The van der Waals surface area contributed by atoms with Crippen molar-refractivity contribution in [2.45, 2.75) is 19.9 Å². The van der Waals surface area contributed by atoms with Gasteiger partial charge in [-0.1, -0.05) is 18.2 Å². The number of nitrogens with zero attached hydrogens (tertiary/aromatic N) is 4. The number of pyridine rings is 2. The number of fused-ring (bicyclic) bond motifs is 1. The Bertz CT molecular complexity index is 1320. The Labute approximate surface area is 177 Å². The molecule has 0 fully saturated rings. The number of nitrogens with two attached hydrogens (primary N) is 2. The third-order valence-corrected chi connectivity index (χ3v) is 4.93. The monoisotopic (exact) mass is 415 g/mol. The molecule has 0 saturated carbocycles. The lowest BCUT2D eigenvalue weighted by atomic mass is 10.1. The second kappa shape index (κ2) is 8.23. The van der Waals surface area contributed by atoms with Crippen LogP contribution in [-0.4, -0.2) is 25.4 Å². The predicted octanol–water partition coefficient (Wildman–Crippen LogP) is 2.22. The minimum absolute atomic E-state index is 0.00368. The molecule has 0 atom stereocenters. The molecule has 0 aliphatic carbocycles. The summed E-state index contributed by atoms with van der Waals surface area (Å²) in [6.07, 6.45) is 3.88. The maximum atomic E-state index is 12.6. The molecule has 0 bridgehead atoms. The summed E-state index contributed by atoms with van der Waals surface area (Å²) >= 11 is 0. The van der Waals surface area contributed by atoms with Crippen LogP contribution < -0.4 is 22.2 Å². The zero-order valence-electron chi connectivity index (χ0n) is 16.9. The van der Waals surface area contributed by atoms with Gasteiger partial charge < -0.3 is 21.4 Å². The average Bonchev–Trinajstić information content (AvgIpc) is 2.76. The zero-order valence-corrected chi connectivity index (χ0v) is 16.9. The van der Waals surface area contributed by atoms with Gasteiger partial charge in [-0.3, -0.25) is 14.6 Å². The number of aryl methyl sites for hydroxylation is 1. The van der Waals surface area contributed by atoms with Crippen LogP contribution in [-0.2, 0) is 13.0 Å². The van der Waals surface area contributed by atoms with Crippen LogP contribution in [0, 0.1) is 0 Å². The molecule has 1 aromatic carbocycles. The van der Waals surface area contributed by atoms with Gasteiger partial charge in [0.2, 0.25) is 11.4 Å². The van der Waals surface area contributed by atoms with E-state index in [9.17, 15) is 9.59 Å². The molecule has 9 nitrogen and oxygen atoms in total. The maximum Gasteiger partial charge on any atom is 0.256 e. The number of carbonyl (C=O) groups is 1. The first-order valence-electron chi connectivity index (χ1n) is 9.72. The zero-order chi connectivity index (χ0) is 22.0. The number of hydrogen-bond donors (Lipinski definition) is 3. The number of benzene rings is 1. The van der Waals surface area contributed by atoms with Crippen LogP contribution in [0.25, 0.3) is 11.0 Å². The Morgan fingerprint density at radius 2 is 1.90 bits per heavy atom. The average molecular weight is 415 g/mol. The predicted molar refractivity (Wildman–Crippen MR) is 119 cm³/mol. The lowest BCUT2D eigenvalue weighted by Gasteiger charge is -2.14. The van der Waals surface area contributed by atoms with Gasteiger partial charge in [-0.2, -0.15) is 4.98 Å². The Hall–Kier alpha value is -4.27. The summed E-state index contributed by atoms with van der Waals surface area (Å²) in [7, 11) is 0. The van der Waals surface area contributed by atoms with Crippen molar-refractivity contribution in [2.75, 3.05) is 11.1 Å². The maximum absolute atomic E-state index is 12.6. The van der Waals surface area contributed by atoms with Gasteiger partial charge in [0, 0.05) is 36.7 Å². The summed E-state index contributed by atoms with van der Waals surface area (Å²) in [4.78, 5) is 37.3. The fraction of sp³-hybridized carbons (Fsp3) is 0.136. The molecule has 156 valence electrons. The first-order chi connectivity index (χ1) is 15.0. The van der Waals surface area contributed by atoms with Crippen LogP contribution in [0.1, 0.15) is 28.5 Å². The van der Waals surface area contributed by atoms with Gasteiger partial charge in [0.15, 0.2) is 5.65 Å². The van der Waals surface area contributed by atoms with E-state index in [0.717, 1.165) is 23.4 Å². The SMILES string of the molecule is CCn1c(N)c(C(N)=O)c(=O)c2cnc(Nc3ccc(Cc4ccccn4)cc3)nc21. The second-order valence-electron chi connectivity index (χ2n) is 6.95. The highest BCUT2D eigenvalue weighted by molar-refractivity contribution is 6.00. The van der Waals surface area contributed by atoms with Crippen molar-refractivity contribution in [1.82, 2.24) is 19.5 Å². The number of hydrogen-bond acceptors (Lipinski definition) is 7. The molecule has 0 aliphatic rings. The molecule has 9 heteroatoms. The summed E-state index contributed by atoms with van der Waals surface area (Å²) in [5.41, 5.74) is 13.8. The first kappa shape index (κ1) is 20.0. The highest BCUT2D eigenvalue weighted by Gasteiger charge is 2.19. The Morgan fingerprint density at radius 1 is 1.13 bits per heavy atom. The van der Waals surface area contributed by atoms with E-state index in [1.165, 1.54) is 6.20 Å². The number of aromatic nitrogens is 4. The van der Waals surface area contributed by atoms with E-state index in [2.05, 4.69) is 20.3 Å². The molecule has 1 amide bonds. The molecule has 0 spiro atoms. The van der Waals surface area contributed by atoms with Crippen molar-refractivity contribution in [3.05, 3.63) is 81.9 Å². The van der Waals surface area contributed by atoms with Gasteiger partial charge in [-0.05, 0) is 36.8 Å². The minimum atomic E-state index is -0.875. The Morgan fingerprint density at radius 3 is 2.55 bits per heavy atom. The minimum Gasteiger partial charge on any atom is -0.384 e. The molecular formula is C22H21N7O2. The smallest absolute Gasteiger partial charge is 0.256 e. The Balaban J connectivity index is 1.64. The van der Waals surface area contributed by atoms with Crippen LogP contribution in [0.2, 0.25) is 0 Å². The molecule has 3 aromatic heterocycles. The largest absolute Gasteiger partial charge is 0.384 e. The second-order valence-corrected chi connectivity index (χ2v) is 6.95. The molecule has 0 saturated heterocycles. The van der Waals surface area contributed by atoms with Crippen molar-refractivity contribution in [3.8, 4) is 0 Å². The van der Waals surface area contributed by atoms with Gasteiger partial charge in [-0.15, -0.1) is 0 Å². The number of anilines is 3. The quantitative estimate of drug-likeness (QED) is 0.438. The van der Waals surface area contributed by atoms with E-state index in [1.807, 2.05) is 49.4 Å². The van der Waals surface area contributed by atoms with E-state index in [1.54, 1.807) is 10.8 Å². The summed E-state index contributed by atoms with van der Waals surface area (Å²) in [5.74, 6) is -0.576. The van der Waals surface area contributed by atoms with Gasteiger partial charge >= 0.3 is 0 Å². The number of rotatable bonds is 6. The van der Waals surface area contributed by atoms with Crippen molar-refractivity contribution >= 4 is 34.4 Å². The van der Waals surface area contributed by atoms with E-state index < -0.39 is 11.3 Å².